The highest BCUT2D eigenvalue weighted by Gasteiger charge is 2.62. The van der Waals surface area contributed by atoms with Crippen LogP contribution in [0.2, 0.25) is 0 Å². The zero-order valence-corrected chi connectivity index (χ0v) is 14.9. The molecule has 2 aromatic rings. The Balaban J connectivity index is 1.44. The molecule has 6 nitrogen and oxygen atoms in total. The Labute approximate surface area is 152 Å². The van der Waals surface area contributed by atoms with E-state index in [1.54, 1.807) is 10.9 Å². The van der Waals surface area contributed by atoms with Crippen molar-refractivity contribution >= 4 is 33.4 Å². The van der Waals surface area contributed by atoms with Crippen LogP contribution in [0.25, 0.3) is 0 Å². The fraction of sp³-hybridized carbons (Fsp3) is 0.389. The first-order valence-corrected chi connectivity index (χ1v) is 9.21. The summed E-state index contributed by atoms with van der Waals surface area (Å²) in [5, 5.41) is 4.25. The summed E-state index contributed by atoms with van der Waals surface area (Å²) in [4.78, 5) is 27.1. The maximum atomic E-state index is 12.9. The largest absolute Gasteiger partial charge is 0.373 e. The highest BCUT2D eigenvalue weighted by molar-refractivity contribution is 9.10. The van der Waals surface area contributed by atoms with Crippen molar-refractivity contribution in [2.45, 2.75) is 31.6 Å². The van der Waals surface area contributed by atoms with E-state index in [0.29, 0.717) is 12.2 Å². The fourth-order valence-corrected chi connectivity index (χ4v) is 4.70. The molecule has 3 fully saturated rings. The number of amides is 2. The Hall–Kier alpha value is -1.99. The molecule has 2 bridgehead atoms. The monoisotopic (exact) mass is 401 g/mol. The second-order valence-electron chi connectivity index (χ2n) is 6.88. The molecule has 0 saturated carbocycles. The number of rotatable bonds is 3. The van der Waals surface area contributed by atoms with Gasteiger partial charge in [-0.1, -0.05) is 12.1 Å². The van der Waals surface area contributed by atoms with Gasteiger partial charge in [0.25, 0.3) is 0 Å². The molecular formula is C18H16BrN3O3. The molecule has 0 radical (unpaired) electrons. The molecule has 128 valence electrons. The number of nitrogens with zero attached hydrogens (tertiary/aromatic N) is 3. The number of benzene rings is 1. The predicted molar refractivity (Wildman–Crippen MR) is 92.8 cm³/mol. The summed E-state index contributed by atoms with van der Waals surface area (Å²) in [5.74, 6) is -0.809. The Morgan fingerprint density at radius 1 is 1.16 bits per heavy atom. The minimum Gasteiger partial charge on any atom is -0.373 e. The molecule has 1 aromatic heterocycles. The summed E-state index contributed by atoms with van der Waals surface area (Å²) >= 11 is 3.38. The lowest BCUT2D eigenvalue weighted by molar-refractivity contribution is -0.124. The third kappa shape index (κ3) is 2.29. The SMILES string of the molecule is O=C1[C@@H]2[C@H](C(=O)N1c1cccc(Cn3cc(Br)cn3)c1)[C@H]1CC[C@@H]2O1. The Kier molecular flexibility index (Phi) is 3.36. The normalized spacial score (nSPS) is 30.4. The van der Waals surface area contributed by atoms with Gasteiger partial charge in [-0.25, -0.2) is 4.90 Å². The lowest BCUT2D eigenvalue weighted by atomic mass is 9.81. The van der Waals surface area contributed by atoms with Gasteiger partial charge in [-0.2, -0.15) is 5.10 Å². The van der Waals surface area contributed by atoms with E-state index in [2.05, 4.69) is 21.0 Å². The number of hydrogen-bond donors (Lipinski definition) is 0. The van der Waals surface area contributed by atoms with Crippen LogP contribution in [0.1, 0.15) is 18.4 Å². The van der Waals surface area contributed by atoms with E-state index < -0.39 is 0 Å². The average molecular weight is 402 g/mol. The van der Waals surface area contributed by atoms with Crippen molar-refractivity contribution in [2.24, 2.45) is 11.8 Å². The number of fused-ring (bicyclic) bond motifs is 5. The van der Waals surface area contributed by atoms with E-state index in [0.717, 1.165) is 22.9 Å². The van der Waals surface area contributed by atoms with Gasteiger partial charge in [0.05, 0.1) is 46.9 Å². The summed E-state index contributed by atoms with van der Waals surface area (Å²) in [6.07, 6.45) is 5.22. The van der Waals surface area contributed by atoms with Gasteiger partial charge >= 0.3 is 0 Å². The van der Waals surface area contributed by atoms with Gasteiger partial charge in [-0.05, 0) is 46.5 Å². The van der Waals surface area contributed by atoms with Gasteiger partial charge < -0.3 is 4.74 Å². The molecule has 3 aliphatic rings. The van der Waals surface area contributed by atoms with Crippen LogP contribution in [0.15, 0.2) is 41.1 Å². The molecule has 4 atom stereocenters. The van der Waals surface area contributed by atoms with Gasteiger partial charge in [0.15, 0.2) is 0 Å². The number of aromatic nitrogens is 2. The van der Waals surface area contributed by atoms with Crippen LogP contribution in [0.4, 0.5) is 5.69 Å². The van der Waals surface area contributed by atoms with Crippen LogP contribution in [0.5, 0.6) is 0 Å². The van der Waals surface area contributed by atoms with Crippen molar-refractivity contribution in [1.29, 1.82) is 0 Å². The van der Waals surface area contributed by atoms with Gasteiger partial charge in [0.2, 0.25) is 11.8 Å². The molecular weight excluding hydrogens is 386 g/mol. The van der Waals surface area contributed by atoms with E-state index >= 15 is 0 Å². The van der Waals surface area contributed by atoms with Gasteiger partial charge in [-0.15, -0.1) is 0 Å². The zero-order valence-electron chi connectivity index (χ0n) is 13.3. The van der Waals surface area contributed by atoms with E-state index in [1.165, 1.54) is 4.90 Å². The molecule has 1 aromatic carbocycles. The number of ether oxygens (including phenoxy) is 1. The Morgan fingerprint density at radius 2 is 1.88 bits per heavy atom. The second-order valence-corrected chi connectivity index (χ2v) is 7.80. The molecule has 0 aliphatic carbocycles. The molecule has 0 N–H and O–H groups in total. The minimum atomic E-state index is -0.294. The van der Waals surface area contributed by atoms with Crippen molar-refractivity contribution in [2.75, 3.05) is 4.90 Å². The van der Waals surface area contributed by atoms with E-state index in [4.69, 9.17) is 4.74 Å². The van der Waals surface area contributed by atoms with Gasteiger partial charge in [-0.3, -0.25) is 14.3 Å². The van der Waals surface area contributed by atoms with Crippen molar-refractivity contribution in [3.8, 4) is 0 Å². The second kappa shape index (κ2) is 5.51. The zero-order chi connectivity index (χ0) is 17.1. The summed E-state index contributed by atoms with van der Waals surface area (Å²) in [6.45, 7) is 0.580. The number of carbonyl (C=O) groups excluding carboxylic acids is 2. The van der Waals surface area contributed by atoms with Crippen LogP contribution < -0.4 is 4.90 Å². The quantitative estimate of drug-likeness (QED) is 0.740. The van der Waals surface area contributed by atoms with Crippen LogP contribution in [-0.4, -0.2) is 33.8 Å². The highest BCUT2D eigenvalue weighted by atomic mass is 79.9. The Morgan fingerprint density at radius 3 is 2.52 bits per heavy atom. The summed E-state index contributed by atoms with van der Waals surface area (Å²) in [7, 11) is 0. The topological polar surface area (TPSA) is 64.4 Å². The van der Waals surface area contributed by atoms with Gasteiger partial charge in [0, 0.05) is 6.20 Å². The number of imide groups is 1. The van der Waals surface area contributed by atoms with Crippen molar-refractivity contribution < 1.29 is 14.3 Å². The molecule has 0 unspecified atom stereocenters. The molecule has 7 heteroatoms. The molecule has 3 aliphatic heterocycles. The molecule has 5 rings (SSSR count). The molecule has 3 saturated heterocycles. The van der Waals surface area contributed by atoms with Crippen molar-refractivity contribution in [3.63, 3.8) is 0 Å². The summed E-state index contributed by atoms with van der Waals surface area (Å²) in [5.41, 5.74) is 1.64. The number of carbonyl (C=O) groups is 2. The molecule has 25 heavy (non-hydrogen) atoms. The van der Waals surface area contributed by atoms with Gasteiger partial charge in [0.1, 0.15) is 0 Å². The van der Waals surface area contributed by atoms with E-state index in [1.807, 2.05) is 30.5 Å². The summed E-state index contributed by atoms with van der Waals surface area (Å²) in [6, 6.07) is 7.57. The van der Waals surface area contributed by atoms with Crippen LogP contribution in [0.3, 0.4) is 0 Å². The maximum Gasteiger partial charge on any atom is 0.240 e. The van der Waals surface area contributed by atoms with Crippen LogP contribution in [0, 0.1) is 11.8 Å². The number of anilines is 1. The first-order chi connectivity index (χ1) is 12.1. The smallest absolute Gasteiger partial charge is 0.240 e. The lowest BCUT2D eigenvalue weighted by Crippen LogP contribution is -2.34. The predicted octanol–water partition coefficient (Wildman–Crippen LogP) is 2.36. The highest BCUT2D eigenvalue weighted by Crippen LogP contribution is 2.49. The number of halogens is 1. The maximum absolute atomic E-state index is 12.9. The minimum absolute atomic E-state index is 0.0824. The first-order valence-electron chi connectivity index (χ1n) is 8.42. The van der Waals surface area contributed by atoms with E-state index in [-0.39, 0.29) is 35.9 Å². The van der Waals surface area contributed by atoms with Crippen LogP contribution >= 0.6 is 15.9 Å². The molecule has 2 amide bonds. The lowest BCUT2D eigenvalue weighted by Gasteiger charge is -2.18. The number of hydrogen-bond acceptors (Lipinski definition) is 4. The van der Waals surface area contributed by atoms with Crippen molar-refractivity contribution in [3.05, 3.63) is 46.7 Å². The average Bonchev–Trinajstić information content (AvgIpc) is 3.34. The molecule has 0 spiro atoms. The van der Waals surface area contributed by atoms with Crippen LogP contribution in [-0.2, 0) is 20.9 Å². The summed E-state index contributed by atoms with van der Waals surface area (Å²) < 4.78 is 8.50. The third-order valence-corrected chi connectivity index (χ3v) is 5.81. The van der Waals surface area contributed by atoms with Crippen molar-refractivity contribution in [1.82, 2.24) is 9.78 Å². The fourth-order valence-electron chi connectivity index (χ4n) is 4.37. The Bertz CT molecular complexity index is 852. The standard InChI is InChI=1S/C18H16BrN3O3/c19-11-7-20-21(9-11)8-10-2-1-3-12(6-10)22-17(23)15-13-4-5-14(25-13)16(15)18(22)24/h1-3,6-7,9,13-16H,4-5,8H2/t13-,14+,15-,16+. The third-order valence-electron chi connectivity index (χ3n) is 5.40. The molecule has 4 heterocycles. The first kappa shape index (κ1) is 15.3. The van der Waals surface area contributed by atoms with E-state index in [9.17, 15) is 9.59 Å².